The minimum absolute atomic E-state index is 1.16. The maximum Gasteiger partial charge on any atom is 0.283 e. The van der Waals surface area contributed by atoms with Gasteiger partial charge >= 0.3 is 0 Å². The Morgan fingerprint density at radius 2 is 1.42 bits per heavy atom. The van der Waals surface area contributed by atoms with Crippen LogP contribution in [0.15, 0.2) is 72.8 Å². The van der Waals surface area contributed by atoms with Crippen LogP contribution >= 0.6 is 0 Å². The predicted octanol–water partition coefficient (Wildman–Crippen LogP) is 2.59. The molecule has 0 fully saturated rings. The fourth-order valence-corrected chi connectivity index (χ4v) is 4.38. The van der Waals surface area contributed by atoms with Gasteiger partial charge in [0.25, 0.3) is 9.04 Å². The second kappa shape index (κ2) is 5.39. The molecule has 0 unspecified atom stereocenters. The van der Waals surface area contributed by atoms with Crippen molar-refractivity contribution >= 4 is 30.2 Å². The van der Waals surface area contributed by atoms with Gasteiger partial charge in [-0.1, -0.05) is 72.8 Å². The molecule has 3 aromatic carbocycles. The van der Waals surface area contributed by atoms with Crippen LogP contribution in [0.2, 0.25) is 0 Å². The van der Waals surface area contributed by atoms with Gasteiger partial charge in [0.05, 0.1) is 0 Å². The number of benzene rings is 3. The van der Waals surface area contributed by atoms with E-state index >= 15 is 0 Å². The molecule has 93 valence electrons. The Kier molecular flexibility index (Phi) is 3.44. The summed E-state index contributed by atoms with van der Waals surface area (Å²) in [6, 6.07) is 25.4. The Labute approximate surface area is 115 Å². The van der Waals surface area contributed by atoms with Gasteiger partial charge in [0.2, 0.25) is 0 Å². The molecule has 0 heterocycles. The van der Waals surface area contributed by atoms with Crippen molar-refractivity contribution in [2.24, 2.45) is 0 Å². The van der Waals surface area contributed by atoms with Crippen molar-refractivity contribution in [1.82, 2.24) is 0 Å². The van der Waals surface area contributed by atoms with Gasteiger partial charge in [-0.15, -0.1) is 0 Å². The van der Waals surface area contributed by atoms with E-state index in [-0.39, 0.29) is 0 Å². The van der Waals surface area contributed by atoms with Gasteiger partial charge in [-0.3, -0.25) is 0 Å². The van der Waals surface area contributed by atoms with Crippen molar-refractivity contribution in [1.29, 1.82) is 0 Å². The first-order valence-electron chi connectivity index (χ1n) is 6.34. The average molecular weight is 263 g/mol. The number of hydrogen-bond donors (Lipinski definition) is 0. The molecule has 0 bridgehead atoms. The van der Waals surface area contributed by atoms with Crippen LogP contribution in [0.5, 0.6) is 0 Å². The third kappa shape index (κ3) is 2.32. The molecule has 0 atom stereocenters. The quantitative estimate of drug-likeness (QED) is 0.660. The first-order chi connectivity index (χ1) is 9.40. The SMILES string of the molecule is CO[Si](c1ccccc1)c1cccc2ccccc12. The maximum atomic E-state index is 5.83. The molecule has 0 amide bonds. The van der Waals surface area contributed by atoms with Crippen LogP contribution in [0.25, 0.3) is 10.8 Å². The molecular formula is C17H15OSi. The monoisotopic (exact) mass is 263 g/mol. The second-order valence-corrected chi connectivity index (χ2v) is 6.61. The zero-order valence-electron chi connectivity index (χ0n) is 10.8. The molecule has 3 rings (SSSR count). The lowest BCUT2D eigenvalue weighted by Crippen LogP contribution is -2.44. The summed E-state index contributed by atoms with van der Waals surface area (Å²) in [6.45, 7) is 0. The largest absolute Gasteiger partial charge is 0.411 e. The Balaban J connectivity index is 2.17. The molecule has 0 aliphatic rings. The zero-order valence-corrected chi connectivity index (χ0v) is 11.8. The van der Waals surface area contributed by atoms with Crippen LogP contribution < -0.4 is 10.4 Å². The fraction of sp³-hybridized carbons (Fsp3) is 0.0588. The normalized spacial score (nSPS) is 11.1. The van der Waals surface area contributed by atoms with Gasteiger partial charge < -0.3 is 4.43 Å². The summed E-state index contributed by atoms with van der Waals surface area (Å²) < 4.78 is 5.83. The van der Waals surface area contributed by atoms with E-state index in [0.717, 1.165) is 0 Å². The molecule has 1 radical (unpaired) electrons. The van der Waals surface area contributed by atoms with E-state index in [0.29, 0.717) is 0 Å². The lowest BCUT2D eigenvalue weighted by atomic mass is 10.1. The van der Waals surface area contributed by atoms with Gasteiger partial charge in [0.1, 0.15) is 0 Å². The van der Waals surface area contributed by atoms with E-state index in [1.807, 2.05) is 13.2 Å². The summed E-state index contributed by atoms with van der Waals surface area (Å²) in [6.07, 6.45) is 0. The van der Waals surface area contributed by atoms with Gasteiger partial charge in [-0.25, -0.2) is 0 Å². The first-order valence-corrected chi connectivity index (χ1v) is 7.75. The van der Waals surface area contributed by atoms with Gasteiger partial charge in [-0.2, -0.15) is 0 Å². The summed E-state index contributed by atoms with van der Waals surface area (Å²) in [4.78, 5) is 0. The van der Waals surface area contributed by atoms with E-state index in [1.165, 1.54) is 21.1 Å². The molecule has 2 heteroatoms. The number of fused-ring (bicyclic) bond motifs is 1. The molecule has 3 aromatic rings. The fourth-order valence-electron chi connectivity index (χ4n) is 2.40. The molecule has 19 heavy (non-hydrogen) atoms. The smallest absolute Gasteiger partial charge is 0.283 e. The number of hydrogen-bond acceptors (Lipinski definition) is 1. The Morgan fingerprint density at radius 3 is 2.21 bits per heavy atom. The first kappa shape index (κ1) is 12.1. The highest BCUT2D eigenvalue weighted by molar-refractivity contribution is 6.81. The van der Waals surface area contributed by atoms with Crippen molar-refractivity contribution < 1.29 is 4.43 Å². The van der Waals surface area contributed by atoms with E-state index in [1.54, 1.807) is 0 Å². The van der Waals surface area contributed by atoms with Gasteiger partial charge in [-0.05, 0) is 21.1 Å². The van der Waals surface area contributed by atoms with Crippen molar-refractivity contribution in [3.05, 3.63) is 72.8 Å². The molecule has 0 aliphatic carbocycles. The zero-order chi connectivity index (χ0) is 13.1. The average Bonchev–Trinajstić information content (AvgIpc) is 2.49. The standard InChI is InChI=1S/C17H15OSi/c1-18-19(15-10-3-2-4-11-15)17-13-7-9-14-8-5-6-12-16(14)17/h2-13H,1H3. The molecular weight excluding hydrogens is 248 g/mol. The molecule has 0 aliphatic heterocycles. The maximum absolute atomic E-state index is 5.83. The lowest BCUT2D eigenvalue weighted by Gasteiger charge is -2.15. The highest BCUT2D eigenvalue weighted by atomic mass is 28.3. The van der Waals surface area contributed by atoms with Crippen LogP contribution in [0.4, 0.5) is 0 Å². The molecule has 0 N–H and O–H groups in total. The van der Waals surface area contributed by atoms with Crippen LogP contribution in [0, 0.1) is 0 Å². The minimum Gasteiger partial charge on any atom is -0.411 e. The van der Waals surface area contributed by atoms with E-state index in [9.17, 15) is 0 Å². The molecule has 0 saturated heterocycles. The highest BCUT2D eigenvalue weighted by Gasteiger charge is 2.19. The summed E-state index contributed by atoms with van der Waals surface area (Å²) in [7, 11) is 0.644. The van der Waals surface area contributed by atoms with E-state index in [2.05, 4.69) is 66.7 Å². The molecule has 0 spiro atoms. The third-order valence-corrected chi connectivity index (χ3v) is 5.47. The molecule has 0 saturated carbocycles. The van der Waals surface area contributed by atoms with Crippen molar-refractivity contribution in [3.8, 4) is 0 Å². The Hall–Kier alpha value is -1.90. The van der Waals surface area contributed by atoms with E-state index in [4.69, 9.17) is 4.43 Å². The van der Waals surface area contributed by atoms with Crippen molar-refractivity contribution in [2.45, 2.75) is 0 Å². The topological polar surface area (TPSA) is 9.23 Å². The van der Waals surface area contributed by atoms with Crippen molar-refractivity contribution in [3.63, 3.8) is 0 Å². The minimum atomic E-state index is -1.16. The molecule has 1 nitrogen and oxygen atoms in total. The highest BCUT2D eigenvalue weighted by Crippen LogP contribution is 2.11. The van der Waals surface area contributed by atoms with Gasteiger partial charge in [0, 0.05) is 7.11 Å². The Bertz CT molecular complexity index is 674. The van der Waals surface area contributed by atoms with Crippen LogP contribution in [-0.2, 0) is 4.43 Å². The van der Waals surface area contributed by atoms with E-state index < -0.39 is 9.04 Å². The second-order valence-electron chi connectivity index (χ2n) is 4.43. The van der Waals surface area contributed by atoms with Crippen LogP contribution in [0.3, 0.4) is 0 Å². The van der Waals surface area contributed by atoms with Crippen LogP contribution in [-0.4, -0.2) is 16.2 Å². The third-order valence-electron chi connectivity index (χ3n) is 3.27. The predicted molar refractivity (Wildman–Crippen MR) is 82.4 cm³/mol. The summed E-state index contributed by atoms with van der Waals surface area (Å²) in [5, 5.41) is 5.17. The molecule has 0 aromatic heterocycles. The number of rotatable bonds is 3. The van der Waals surface area contributed by atoms with Crippen LogP contribution in [0.1, 0.15) is 0 Å². The summed E-state index contributed by atoms with van der Waals surface area (Å²) in [5.74, 6) is 0. The Morgan fingerprint density at radius 1 is 0.737 bits per heavy atom. The summed E-state index contributed by atoms with van der Waals surface area (Å²) in [5.41, 5.74) is 0. The summed E-state index contributed by atoms with van der Waals surface area (Å²) >= 11 is 0. The van der Waals surface area contributed by atoms with Gasteiger partial charge in [0.15, 0.2) is 0 Å². The lowest BCUT2D eigenvalue weighted by molar-refractivity contribution is 0.439. The van der Waals surface area contributed by atoms with Crippen molar-refractivity contribution in [2.75, 3.05) is 7.11 Å².